The molecule has 2 amide bonds. The Kier molecular flexibility index (Phi) is 6.34. The quantitative estimate of drug-likeness (QED) is 0.161. The maximum atomic E-state index is 13.4. The lowest BCUT2D eigenvalue weighted by Crippen LogP contribution is -2.27. The van der Waals surface area contributed by atoms with Crippen molar-refractivity contribution in [3.05, 3.63) is 115 Å². The average molecular weight is 522 g/mol. The van der Waals surface area contributed by atoms with Crippen molar-refractivity contribution in [3.63, 3.8) is 0 Å². The van der Waals surface area contributed by atoms with Crippen molar-refractivity contribution in [2.45, 2.75) is 13.1 Å². The van der Waals surface area contributed by atoms with Crippen molar-refractivity contribution in [1.29, 1.82) is 0 Å². The molecule has 7 nitrogen and oxygen atoms in total. The fourth-order valence-electron chi connectivity index (χ4n) is 4.12. The fraction of sp³-hybridized carbons (Fsp3) is 0.0769. The van der Waals surface area contributed by atoms with Gasteiger partial charge >= 0.3 is 0 Å². The number of carbonyl (C=O) groups is 2. The summed E-state index contributed by atoms with van der Waals surface area (Å²) < 4.78 is 15.2. The van der Waals surface area contributed by atoms with Gasteiger partial charge in [0.05, 0.1) is 22.9 Å². The number of carbonyl (C=O) groups excluding carboxylic acids is 2. The normalized spacial score (nSPS) is 14.8. The Morgan fingerprint density at radius 3 is 2.53 bits per heavy atom. The highest BCUT2D eigenvalue weighted by Crippen LogP contribution is 2.36. The molecular weight excluding hydrogens is 505 g/mol. The number of aromatic nitrogens is 1. The summed E-state index contributed by atoms with van der Waals surface area (Å²) >= 11 is 6.90. The van der Waals surface area contributed by atoms with Crippen LogP contribution in [0.4, 0.5) is 14.9 Å². The molecule has 4 aromatic rings. The number of nitrogens with zero attached hydrogens (tertiary/aromatic N) is 3. The molecule has 0 atom stereocenters. The van der Waals surface area contributed by atoms with E-state index in [4.69, 9.17) is 11.6 Å². The van der Waals surface area contributed by atoms with E-state index in [1.165, 1.54) is 18.2 Å². The number of hydrogen-bond donors (Lipinski definition) is 0. The van der Waals surface area contributed by atoms with Gasteiger partial charge in [-0.25, -0.2) is 4.39 Å². The third-order valence-corrected chi connectivity index (χ3v) is 7.11. The molecule has 0 aliphatic carbocycles. The molecule has 2 heterocycles. The predicted molar refractivity (Wildman–Crippen MR) is 137 cm³/mol. The molecule has 1 fully saturated rings. The van der Waals surface area contributed by atoms with Crippen LogP contribution in [0.2, 0.25) is 5.02 Å². The molecule has 0 unspecified atom stereocenters. The van der Waals surface area contributed by atoms with Crippen LogP contribution in [0.3, 0.4) is 0 Å². The van der Waals surface area contributed by atoms with Gasteiger partial charge in [-0.3, -0.25) is 24.6 Å². The molecule has 0 spiro atoms. The molecule has 180 valence electrons. The van der Waals surface area contributed by atoms with Gasteiger partial charge in [0, 0.05) is 39.3 Å². The van der Waals surface area contributed by atoms with E-state index < -0.39 is 21.9 Å². The van der Waals surface area contributed by atoms with Crippen LogP contribution in [0.15, 0.2) is 77.8 Å². The Bertz CT molecular complexity index is 1580. The van der Waals surface area contributed by atoms with Crippen molar-refractivity contribution in [1.82, 2.24) is 9.47 Å². The first kappa shape index (κ1) is 23.8. The first-order valence-corrected chi connectivity index (χ1v) is 12.0. The van der Waals surface area contributed by atoms with Crippen LogP contribution in [0.5, 0.6) is 0 Å². The van der Waals surface area contributed by atoms with Gasteiger partial charge in [0.15, 0.2) is 0 Å². The highest BCUT2D eigenvalue weighted by molar-refractivity contribution is 8.18. The molecule has 1 aliphatic rings. The van der Waals surface area contributed by atoms with Gasteiger partial charge in [-0.15, -0.1) is 0 Å². The number of imide groups is 1. The summed E-state index contributed by atoms with van der Waals surface area (Å²) in [6.07, 6.45) is 3.46. The van der Waals surface area contributed by atoms with E-state index in [0.717, 1.165) is 33.6 Å². The summed E-state index contributed by atoms with van der Waals surface area (Å²) in [6.45, 7) is 0.191. The van der Waals surface area contributed by atoms with Crippen molar-refractivity contribution in [2.75, 3.05) is 0 Å². The van der Waals surface area contributed by atoms with Gasteiger partial charge in [0.25, 0.3) is 16.8 Å². The van der Waals surface area contributed by atoms with Gasteiger partial charge in [-0.1, -0.05) is 54.1 Å². The van der Waals surface area contributed by atoms with Crippen LogP contribution in [-0.2, 0) is 17.9 Å². The highest BCUT2D eigenvalue weighted by atomic mass is 35.5. The average Bonchev–Trinajstić information content (AvgIpc) is 3.32. The van der Waals surface area contributed by atoms with Crippen molar-refractivity contribution < 1.29 is 18.9 Å². The second-order valence-corrected chi connectivity index (χ2v) is 9.52. The molecule has 10 heteroatoms. The first-order valence-electron chi connectivity index (χ1n) is 10.8. The van der Waals surface area contributed by atoms with Crippen molar-refractivity contribution in [3.8, 4) is 0 Å². The third kappa shape index (κ3) is 4.50. The lowest BCUT2D eigenvalue weighted by atomic mass is 10.1. The smallest absolute Gasteiger partial charge is 0.293 e. The van der Waals surface area contributed by atoms with Gasteiger partial charge < -0.3 is 4.57 Å². The second-order valence-electron chi connectivity index (χ2n) is 8.12. The Balaban J connectivity index is 1.48. The minimum absolute atomic E-state index is 0.0254. The van der Waals surface area contributed by atoms with E-state index in [0.29, 0.717) is 16.7 Å². The predicted octanol–water partition coefficient (Wildman–Crippen LogP) is 6.63. The maximum absolute atomic E-state index is 13.4. The van der Waals surface area contributed by atoms with E-state index in [1.807, 2.05) is 35.0 Å². The molecule has 3 aromatic carbocycles. The molecule has 0 radical (unpaired) electrons. The van der Waals surface area contributed by atoms with Crippen molar-refractivity contribution >= 4 is 57.2 Å². The Morgan fingerprint density at radius 1 is 1.00 bits per heavy atom. The number of amides is 2. The molecule has 0 saturated carbocycles. The van der Waals surface area contributed by atoms with Crippen LogP contribution in [0.25, 0.3) is 17.0 Å². The van der Waals surface area contributed by atoms with E-state index in [9.17, 15) is 24.1 Å². The van der Waals surface area contributed by atoms with E-state index in [-0.39, 0.29) is 28.7 Å². The number of nitro groups is 1. The topological polar surface area (TPSA) is 85.5 Å². The molecule has 0 N–H and O–H groups in total. The zero-order chi connectivity index (χ0) is 25.4. The van der Waals surface area contributed by atoms with E-state index in [1.54, 1.807) is 24.3 Å². The number of nitro benzene ring substituents is 1. The summed E-state index contributed by atoms with van der Waals surface area (Å²) in [5, 5.41) is 12.0. The van der Waals surface area contributed by atoms with E-state index in [2.05, 4.69) is 0 Å². The summed E-state index contributed by atoms with van der Waals surface area (Å²) in [4.78, 5) is 38.1. The largest absolute Gasteiger partial charge is 0.342 e. The van der Waals surface area contributed by atoms with Crippen LogP contribution >= 0.6 is 23.4 Å². The molecule has 0 bridgehead atoms. The fourth-order valence-corrected chi connectivity index (χ4v) is 5.18. The summed E-state index contributed by atoms with van der Waals surface area (Å²) in [5.74, 6) is -0.976. The standard InChI is InChI=1S/C26H17ClFN3O4S/c27-21-12-19(28)10-9-16(21)15-30-25(32)24(36-26(30)33)11-18-14-29(23-8-4-2-6-20(18)23)13-17-5-1-3-7-22(17)31(34)35/h1-12,14H,13,15H2/b24-11-. The summed E-state index contributed by atoms with van der Waals surface area (Å²) in [6, 6.07) is 17.8. The van der Waals surface area contributed by atoms with Crippen LogP contribution in [0.1, 0.15) is 16.7 Å². The number of benzene rings is 3. The van der Waals surface area contributed by atoms with E-state index >= 15 is 0 Å². The zero-order valence-corrected chi connectivity index (χ0v) is 20.1. The second kappa shape index (κ2) is 9.60. The third-order valence-electron chi connectivity index (χ3n) is 5.85. The van der Waals surface area contributed by atoms with Gasteiger partial charge in [0.1, 0.15) is 5.82 Å². The van der Waals surface area contributed by atoms with Gasteiger partial charge in [-0.2, -0.15) is 0 Å². The molecule has 1 aromatic heterocycles. The number of halogens is 2. The lowest BCUT2D eigenvalue weighted by molar-refractivity contribution is -0.385. The molecule has 1 aliphatic heterocycles. The van der Waals surface area contributed by atoms with Crippen LogP contribution in [-0.4, -0.2) is 25.5 Å². The monoisotopic (exact) mass is 521 g/mol. The van der Waals surface area contributed by atoms with Crippen molar-refractivity contribution in [2.24, 2.45) is 0 Å². The zero-order valence-electron chi connectivity index (χ0n) is 18.6. The van der Waals surface area contributed by atoms with Gasteiger partial charge in [-0.05, 0) is 41.6 Å². The SMILES string of the molecule is O=C1S/C(=C\c2cn(Cc3ccccc3[N+](=O)[O-])c3ccccc23)C(=O)N1Cc1ccc(F)cc1Cl. The molecule has 1 saturated heterocycles. The summed E-state index contributed by atoms with van der Waals surface area (Å²) in [5.41, 5.74) is 2.57. The number of thioether (sulfide) groups is 1. The summed E-state index contributed by atoms with van der Waals surface area (Å²) in [7, 11) is 0. The number of rotatable bonds is 6. The molecular formula is C26H17ClFN3O4S. The minimum Gasteiger partial charge on any atom is -0.342 e. The Morgan fingerprint density at radius 2 is 1.75 bits per heavy atom. The Labute approximate surface area is 213 Å². The first-order chi connectivity index (χ1) is 17.3. The number of fused-ring (bicyclic) bond motifs is 1. The number of para-hydroxylation sites is 2. The molecule has 36 heavy (non-hydrogen) atoms. The van der Waals surface area contributed by atoms with Crippen LogP contribution < -0.4 is 0 Å². The maximum Gasteiger partial charge on any atom is 0.293 e. The van der Waals surface area contributed by atoms with Gasteiger partial charge in [0.2, 0.25) is 0 Å². The Hall–Kier alpha value is -3.95. The lowest BCUT2D eigenvalue weighted by Gasteiger charge is -2.13. The molecule has 5 rings (SSSR count). The minimum atomic E-state index is -0.505. The number of hydrogen-bond acceptors (Lipinski definition) is 5. The van der Waals surface area contributed by atoms with Crippen LogP contribution in [0, 0.1) is 15.9 Å². The highest BCUT2D eigenvalue weighted by Gasteiger charge is 2.35.